The van der Waals surface area contributed by atoms with Crippen molar-refractivity contribution in [3.8, 4) is 29.5 Å². The van der Waals surface area contributed by atoms with Gasteiger partial charge in [0.2, 0.25) is 0 Å². The first-order chi connectivity index (χ1) is 21.6. The maximum atomic E-state index is 16.8. The smallest absolute Gasteiger partial charge is 0.319 e. The number of rotatable bonds is 8. The van der Waals surface area contributed by atoms with E-state index in [-0.39, 0.29) is 34.8 Å². The Labute approximate surface area is 260 Å². The van der Waals surface area contributed by atoms with Crippen LogP contribution in [0, 0.1) is 24.0 Å². The van der Waals surface area contributed by atoms with E-state index >= 15 is 4.39 Å². The van der Waals surface area contributed by atoms with Crippen LogP contribution in [0.15, 0.2) is 36.4 Å². The lowest BCUT2D eigenvalue weighted by Gasteiger charge is -2.47. The molecule has 0 bridgehead atoms. The molecule has 45 heavy (non-hydrogen) atoms. The molecule has 1 aliphatic carbocycles. The molecule has 2 aliphatic heterocycles. The van der Waals surface area contributed by atoms with Gasteiger partial charge < -0.3 is 20.7 Å². The number of ether oxygens (including phenoxy) is 1. The van der Waals surface area contributed by atoms with Crippen LogP contribution in [0.4, 0.5) is 24.7 Å². The van der Waals surface area contributed by atoms with Gasteiger partial charge in [-0.1, -0.05) is 18.1 Å². The third-order valence-electron chi connectivity index (χ3n) is 10.4. The zero-order valence-electron chi connectivity index (χ0n) is 25.6. The lowest BCUT2D eigenvalue weighted by atomic mass is 9.75. The molecule has 3 N–H and O–H groups in total. The molecule has 3 heterocycles. The first-order valence-electron chi connectivity index (χ1n) is 15.6. The Balaban J connectivity index is 1.34. The number of hydrogen-bond donors (Lipinski definition) is 2. The van der Waals surface area contributed by atoms with Crippen molar-refractivity contribution in [2.75, 3.05) is 51.4 Å². The zero-order chi connectivity index (χ0) is 31.5. The molecule has 0 radical (unpaired) electrons. The van der Waals surface area contributed by atoms with Gasteiger partial charge in [-0.05, 0) is 88.0 Å². The monoisotopic (exact) mass is 614 g/mol. The minimum Gasteiger partial charge on any atom is -0.461 e. The van der Waals surface area contributed by atoms with Crippen molar-refractivity contribution in [2.45, 2.75) is 55.8 Å². The highest BCUT2D eigenvalue weighted by atomic mass is 19.1. The van der Waals surface area contributed by atoms with Gasteiger partial charge in [-0.2, -0.15) is 9.97 Å². The van der Waals surface area contributed by atoms with E-state index in [4.69, 9.17) is 21.9 Å². The first kappa shape index (κ1) is 29.6. The predicted molar refractivity (Wildman–Crippen MR) is 172 cm³/mol. The summed E-state index contributed by atoms with van der Waals surface area (Å²) in [5, 5.41) is 4.96. The standard InChI is InChI=1S/C35H37F3N6O/c1-4-24-28(37)10-7-21-15-23(39)16-27(29(21)24)25-8-9-26-31(30(25)38)41-33(42-32(26)40-19-34(43(2)3)11-5-12-34)45-20-35-13-6-14-44(35)18-22(36)17-35/h1,7-10,15-16,22H,5-6,11-14,17-20,39H2,2-3H3,(H,40,41,42). The molecule has 4 aromatic rings. The topological polar surface area (TPSA) is 79.5 Å². The highest BCUT2D eigenvalue weighted by Crippen LogP contribution is 2.42. The molecule has 3 aliphatic rings. The second-order valence-corrected chi connectivity index (χ2v) is 13.1. The van der Waals surface area contributed by atoms with Gasteiger partial charge >= 0.3 is 6.01 Å². The minimum atomic E-state index is -0.903. The largest absolute Gasteiger partial charge is 0.461 e. The SMILES string of the molecule is C#Cc1c(F)ccc2cc(N)cc(-c3ccc4c(NCC5(N(C)C)CCC5)nc(OCC56CCCN5CC(F)C6)nc4c3F)c12. The molecule has 0 amide bonds. The van der Waals surface area contributed by atoms with Crippen molar-refractivity contribution in [1.82, 2.24) is 19.8 Å². The number of fused-ring (bicyclic) bond motifs is 3. The molecule has 7 rings (SSSR count). The third-order valence-corrected chi connectivity index (χ3v) is 10.4. The summed E-state index contributed by atoms with van der Waals surface area (Å²) in [5.74, 6) is 1.68. The molecule has 3 fully saturated rings. The number of benzene rings is 3. The Morgan fingerprint density at radius 2 is 1.93 bits per heavy atom. The molecule has 2 saturated heterocycles. The summed E-state index contributed by atoms with van der Waals surface area (Å²) in [5.41, 5.74) is 6.80. The molecule has 2 unspecified atom stereocenters. The van der Waals surface area contributed by atoms with Crippen LogP contribution in [-0.4, -0.2) is 77.4 Å². The molecule has 0 spiro atoms. The lowest BCUT2D eigenvalue weighted by molar-refractivity contribution is 0.0738. The van der Waals surface area contributed by atoms with Gasteiger partial charge in [0.05, 0.1) is 11.1 Å². The molecular formula is C35H37F3N6O. The van der Waals surface area contributed by atoms with Crippen molar-refractivity contribution >= 4 is 33.2 Å². The van der Waals surface area contributed by atoms with Gasteiger partial charge in [0.1, 0.15) is 29.9 Å². The molecule has 1 saturated carbocycles. The van der Waals surface area contributed by atoms with Crippen LogP contribution in [0.1, 0.15) is 44.1 Å². The van der Waals surface area contributed by atoms with Crippen LogP contribution >= 0.6 is 0 Å². The molecular weight excluding hydrogens is 577 g/mol. The number of nitrogens with two attached hydrogens (primary N) is 1. The quantitative estimate of drug-likeness (QED) is 0.182. The Bertz CT molecular complexity index is 1850. The Morgan fingerprint density at radius 1 is 1.11 bits per heavy atom. The number of anilines is 2. The van der Waals surface area contributed by atoms with Crippen molar-refractivity contribution in [3.63, 3.8) is 0 Å². The predicted octanol–water partition coefficient (Wildman–Crippen LogP) is 6.14. The van der Waals surface area contributed by atoms with Crippen LogP contribution in [0.3, 0.4) is 0 Å². The highest BCUT2D eigenvalue weighted by Gasteiger charge is 2.49. The fourth-order valence-electron chi connectivity index (χ4n) is 7.63. The molecule has 10 heteroatoms. The molecule has 3 aromatic carbocycles. The summed E-state index contributed by atoms with van der Waals surface area (Å²) in [7, 11) is 4.13. The number of alkyl halides is 1. The van der Waals surface area contributed by atoms with E-state index in [2.05, 4.69) is 40.1 Å². The number of nitrogen functional groups attached to an aromatic ring is 1. The van der Waals surface area contributed by atoms with Crippen molar-refractivity contribution < 1.29 is 17.9 Å². The van der Waals surface area contributed by atoms with Gasteiger partial charge in [-0.3, -0.25) is 4.90 Å². The number of likely N-dealkylation sites (N-methyl/N-ethyl adjacent to an activating group) is 1. The fraction of sp³-hybridized carbons (Fsp3) is 0.429. The van der Waals surface area contributed by atoms with Crippen LogP contribution in [0.2, 0.25) is 0 Å². The van der Waals surface area contributed by atoms with E-state index in [1.165, 1.54) is 6.07 Å². The average Bonchev–Trinajstić information content (AvgIpc) is 3.51. The van der Waals surface area contributed by atoms with Crippen molar-refractivity contribution in [1.29, 1.82) is 0 Å². The third kappa shape index (κ3) is 4.93. The molecule has 2 atom stereocenters. The van der Waals surface area contributed by atoms with E-state index in [0.29, 0.717) is 52.7 Å². The van der Waals surface area contributed by atoms with Crippen LogP contribution in [0.25, 0.3) is 32.8 Å². The number of terminal acetylenes is 1. The Kier molecular flexibility index (Phi) is 7.29. The van der Waals surface area contributed by atoms with E-state index < -0.39 is 23.3 Å². The zero-order valence-corrected chi connectivity index (χ0v) is 25.6. The number of nitrogens with zero attached hydrogens (tertiary/aromatic N) is 4. The summed E-state index contributed by atoms with van der Waals surface area (Å²) < 4.78 is 52.3. The maximum absolute atomic E-state index is 16.8. The van der Waals surface area contributed by atoms with E-state index in [1.807, 2.05) is 0 Å². The van der Waals surface area contributed by atoms with Crippen LogP contribution in [-0.2, 0) is 0 Å². The number of halogens is 3. The normalized spacial score (nSPS) is 22.5. The fourth-order valence-corrected chi connectivity index (χ4v) is 7.63. The van der Waals surface area contributed by atoms with Crippen LogP contribution < -0.4 is 15.8 Å². The van der Waals surface area contributed by atoms with Gasteiger partial charge in [0, 0.05) is 47.1 Å². The Morgan fingerprint density at radius 3 is 2.67 bits per heavy atom. The number of hydrogen-bond acceptors (Lipinski definition) is 7. The summed E-state index contributed by atoms with van der Waals surface area (Å²) in [6.07, 6.45) is 10.2. The van der Waals surface area contributed by atoms with Gasteiger partial charge in [-0.25, -0.2) is 13.2 Å². The van der Waals surface area contributed by atoms with Crippen molar-refractivity contribution in [2.24, 2.45) is 0 Å². The summed E-state index contributed by atoms with van der Waals surface area (Å²) in [6, 6.07) is 9.56. The Hall–Kier alpha value is -4.07. The van der Waals surface area contributed by atoms with Gasteiger partial charge in [-0.15, -0.1) is 6.42 Å². The number of nitrogens with one attached hydrogen (secondary N) is 1. The minimum absolute atomic E-state index is 0.0184. The summed E-state index contributed by atoms with van der Waals surface area (Å²) >= 11 is 0. The second-order valence-electron chi connectivity index (χ2n) is 13.1. The second kappa shape index (κ2) is 11.1. The summed E-state index contributed by atoms with van der Waals surface area (Å²) in [4.78, 5) is 13.7. The van der Waals surface area contributed by atoms with E-state index in [1.54, 1.807) is 30.3 Å². The number of aromatic nitrogens is 2. The molecule has 234 valence electrons. The summed E-state index contributed by atoms with van der Waals surface area (Å²) in [6.45, 7) is 2.05. The first-order valence-corrected chi connectivity index (χ1v) is 15.6. The molecule has 1 aromatic heterocycles. The lowest BCUT2D eigenvalue weighted by Crippen LogP contribution is -2.54. The average molecular weight is 615 g/mol. The van der Waals surface area contributed by atoms with Crippen LogP contribution in [0.5, 0.6) is 6.01 Å². The van der Waals surface area contributed by atoms with Crippen molar-refractivity contribution in [3.05, 3.63) is 53.6 Å². The van der Waals surface area contributed by atoms with Gasteiger partial charge in [0.15, 0.2) is 5.82 Å². The highest BCUT2D eigenvalue weighted by molar-refractivity contribution is 6.04. The van der Waals surface area contributed by atoms with Gasteiger partial charge in [0.25, 0.3) is 0 Å². The van der Waals surface area contributed by atoms with E-state index in [0.717, 1.165) is 38.6 Å². The maximum Gasteiger partial charge on any atom is 0.319 e. The van der Waals surface area contributed by atoms with E-state index in [9.17, 15) is 8.78 Å². The molecule has 7 nitrogen and oxygen atoms in total.